The minimum Gasteiger partial charge on any atom is -0.506 e. The molecule has 0 radical (unpaired) electrons. The van der Waals surface area contributed by atoms with Crippen molar-refractivity contribution < 1.29 is 14.6 Å². The highest BCUT2D eigenvalue weighted by Gasteiger charge is 2.43. The predicted molar refractivity (Wildman–Crippen MR) is 143 cm³/mol. The summed E-state index contributed by atoms with van der Waals surface area (Å²) in [6.45, 7) is 4.03. The Morgan fingerprint density at radius 2 is 1.72 bits per heavy atom. The van der Waals surface area contributed by atoms with Crippen molar-refractivity contribution in [2.24, 2.45) is 0 Å². The number of aryl methyl sites for hydroxylation is 1. The van der Waals surface area contributed by atoms with Crippen molar-refractivity contribution in [3.05, 3.63) is 107 Å². The molecule has 182 valence electrons. The number of rotatable bonds is 5. The van der Waals surface area contributed by atoms with E-state index in [-0.39, 0.29) is 17.8 Å². The van der Waals surface area contributed by atoms with Crippen LogP contribution in [0.1, 0.15) is 45.1 Å². The molecule has 1 fully saturated rings. The van der Waals surface area contributed by atoms with Gasteiger partial charge in [-0.2, -0.15) is 0 Å². The Balaban J connectivity index is 1.71. The number of benzene rings is 2. The van der Waals surface area contributed by atoms with Crippen LogP contribution in [-0.2, 0) is 4.74 Å². The van der Waals surface area contributed by atoms with E-state index in [0.29, 0.717) is 16.4 Å². The van der Waals surface area contributed by atoms with Gasteiger partial charge in [-0.3, -0.25) is 4.98 Å². The van der Waals surface area contributed by atoms with Crippen LogP contribution in [-0.4, -0.2) is 32.8 Å². The number of pyridine rings is 1. The van der Waals surface area contributed by atoms with Gasteiger partial charge in [0.15, 0.2) is 5.11 Å². The van der Waals surface area contributed by atoms with E-state index in [9.17, 15) is 9.90 Å². The number of phenols is 1. The molecule has 0 aliphatic carbocycles. The molecule has 0 unspecified atom stereocenters. The average Bonchev–Trinajstić information content (AvgIpc) is 3.39. The van der Waals surface area contributed by atoms with Crippen LogP contribution in [0.5, 0.6) is 5.75 Å². The van der Waals surface area contributed by atoms with Gasteiger partial charge in [-0.05, 0) is 74.1 Å². The zero-order valence-corrected chi connectivity index (χ0v) is 21.0. The number of carbonyl (C=O) groups excluding carboxylic acids is 1. The fourth-order valence-electron chi connectivity index (χ4n) is 5.01. The highest BCUT2D eigenvalue weighted by Crippen LogP contribution is 2.45. The molecule has 2 atom stereocenters. The first-order valence-corrected chi connectivity index (χ1v) is 12.0. The van der Waals surface area contributed by atoms with Gasteiger partial charge in [-0.15, -0.1) is 0 Å². The van der Waals surface area contributed by atoms with E-state index in [0.717, 1.165) is 28.3 Å². The largest absolute Gasteiger partial charge is 0.506 e. The first-order valence-electron chi connectivity index (χ1n) is 11.6. The predicted octanol–water partition coefficient (Wildman–Crippen LogP) is 5.16. The molecule has 4 aromatic rings. The number of hydrogen-bond donors (Lipinski definition) is 2. The van der Waals surface area contributed by atoms with Crippen molar-refractivity contribution in [1.82, 2.24) is 14.9 Å². The van der Waals surface area contributed by atoms with Crippen LogP contribution in [0.15, 0.2) is 79.0 Å². The van der Waals surface area contributed by atoms with Crippen LogP contribution in [0.4, 0.5) is 5.69 Å². The molecule has 0 spiro atoms. The summed E-state index contributed by atoms with van der Waals surface area (Å²) in [5.74, 6) is -0.260. The number of aromatic nitrogens is 2. The topological polar surface area (TPSA) is 79.6 Å². The summed E-state index contributed by atoms with van der Waals surface area (Å²) in [6, 6.07) is 21.9. The number of nitrogens with one attached hydrogen (secondary N) is 1. The highest BCUT2D eigenvalue weighted by molar-refractivity contribution is 7.80. The Hall–Kier alpha value is -4.17. The van der Waals surface area contributed by atoms with Gasteiger partial charge in [-0.1, -0.05) is 30.3 Å². The smallest absolute Gasteiger partial charge is 0.339 e. The summed E-state index contributed by atoms with van der Waals surface area (Å²) < 4.78 is 7.10. The van der Waals surface area contributed by atoms with Crippen LogP contribution in [0.3, 0.4) is 0 Å². The van der Waals surface area contributed by atoms with Crippen LogP contribution in [0.25, 0.3) is 5.69 Å². The zero-order chi connectivity index (χ0) is 25.4. The summed E-state index contributed by atoms with van der Waals surface area (Å²) in [5.41, 5.74) is 5.56. The van der Waals surface area contributed by atoms with Gasteiger partial charge in [0.1, 0.15) is 5.75 Å². The van der Waals surface area contributed by atoms with Crippen molar-refractivity contribution in [3.63, 3.8) is 0 Å². The maximum atomic E-state index is 12.5. The number of para-hydroxylation sites is 3. The monoisotopic (exact) mass is 498 g/mol. The number of esters is 1. The maximum Gasteiger partial charge on any atom is 0.339 e. The minimum atomic E-state index is -0.398. The SMILES string of the molecule is COC(=O)c1ccccc1-n1c(C)cc([C@H]2[C@@H](c3ccccn3)NC(=S)N2c2ccccc2O)c1C. The van der Waals surface area contributed by atoms with Crippen molar-refractivity contribution in [2.45, 2.75) is 25.9 Å². The Labute approximate surface area is 215 Å². The molecule has 2 N–H and O–H groups in total. The second-order valence-electron chi connectivity index (χ2n) is 8.66. The molecule has 0 saturated carbocycles. The molecule has 1 aliphatic heterocycles. The Morgan fingerprint density at radius 3 is 2.42 bits per heavy atom. The number of anilines is 1. The van der Waals surface area contributed by atoms with Crippen LogP contribution < -0.4 is 10.2 Å². The van der Waals surface area contributed by atoms with Crippen molar-refractivity contribution in [1.29, 1.82) is 0 Å². The van der Waals surface area contributed by atoms with E-state index in [4.69, 9.17) is 17.0 Å². The fourth-order valence-corrected chi connectivity index (χ4v) is 5.35. The van der Waals surface area contributed by atoms with Crippen molar-refractivity contribution >= 4 is 29.0 Å². The van der Waals surface area contributed by atoms with E-state index in [1.165, 1.54) is 7.11 Å². The quantitative estimate of drug-likeness (QED) is 0.291. The summed E-state index contributed by atoms with van der Waals surface area (Å²) in [6.07, 6.45) is 1.76. The van der Waals surface area contributed by atoms with Gasteiger partial charge in [0, 0.05) is 17.6 Å². The van der Waals surface area contributed by atoms with Gasteiger partial charge in [-0.25, -0.2) is 4.79 Å². The van der Waals surface area contributed by atoms with Gasteiger partial charge >= 0.3 is 5.97 Å². The fraction of sp³-hybridized carbons (Fsp3) is 0.179. The summed E-state index contributed by atoms with van der Waals surface area (Å²) in [7, 11) is 1.38. The Morgan fingerprint density at radius 1 is 1.03 bits per heavy atom. The molecule has 1 aliphatic rings. The zero-order valence-electron chi connectivity index (χ0n) is 20.2. The first-order chi connectivity index (χ1) is 17.4. The number of thiocarbonyl (C=S) groups is 1. The minimum absolute atomic E-state index is 0.137. The Bertz CT molecular complexity index is 1450. The molecule has 36 heavy (non-hydrogen) atoms. The van der Waals surface area contributed by atoms with Gasteiger partial charge in [0.2, 0.25) is 0 Å². The first kappa shape index (κ1) is 23.6. The number of ether oxygens (including phenoxy) is 1. The van der Waals surface area contributed by atoms with Gasteiger partial charge in [0.25, 0.3) is 0 Å². The molecular formula is C28H26N4O3S. The highest BCUT2D eigenvalue weighted by atomic mass is 32.1. The van der Waals surface area contributed by atoms with E-state index in [1.54, 1.807) is 24.4 Å². The van der Waals surface area contributed by atoms with Gasteiger partial charge < -0.3 is 24.6 Å². The number of methoxy groups -OCH3 is 1. The third-order valence-corrected chi connectivity index (χ3v) is 6.89. The molecule has 3 heterocycles. The van der Waals surface area contributed by atoms with Crippen molar-refractivity contribution in [2.75, 3.05) is 12.0 Å². The molecule has 8 heteroatoms. The summed E-state index contributed by atoms with van der Waals surface area (Å²) >= 11 is 5.79. The number of hydrogen-bond acceptors (Lipinski definition) is 5. The Kier molecular flexibility index (Phi) is 6.20. The van der Waals surface area contributed by atoms with Crippen LogP contribution >= 0.6 is 12.2 Å². The van der Waals surface area contributed by atoms with E-state index >= 15 is 0 Å². The average molecular weight is 499 g/mol. The lowest BCUT2D eigenvalue weighted by molar-refractivity contribution is 0.0600. The van der Waals surface area contributed by atoms with E-state index in [2.05, 4.69) is 20.9 Å². The number of nitrogens with zero attached hydrogens (tertiary/aromatic N) is 3. The molecule has 0 amide bonds. The lowest BCUT2D eigenvalue weighted by Crippen LogP contribution is -2.29. The van der Waals surface area contributed by atoms with Crippen LogP contribution in [0.2, 0.25) is 0 Å². The van der Waals surface area contributed by atoms with E-state index < -0.39 is 5.97 Å². The number of aromatic hydroxyl groups is 1. The third-order valence-electron chi connectivity index (χ3n) is 6.58. The lowest BCUT2D eigenvalue weighted by atomic mass is 9.96. The van der Waals surface area contributed by atoms with Crippen LogP contribution in [0, 0.1) is 13.8 Å². The third kappa shape index (κ3) is 3.89. The summed E-state index contributed by atoms with van der Waals surface area (Å²) in [4.78, 5) is 19.1. The molecular weight excluding hydrogens is 472 g/mol. The van der Waals surface area contributed by atoms with E-state index in [1.807, 2.05) is 67.3 Å². The second-order valence-corrected chi connectivity index (χ2v) is 9.04. The lowest BCUT2D eigenvalue weighted by Gasteiger charge is -2.28. The molecule has 2 aromatic heterocycles. The number of phenolic OH excluding ortho intramolecular Hbond substituents is 1. The molecule has 0 bridgehead atoms. The normalized spacial score (nSPS) is 17.2. The molecule has 5 rings (SSSR count). The summed E-state index contributed by atoms with van der Waals surface area (Å²) in [5, 5.41) is 14.7. The maximum absolute atomic E-state index is 12.5. The molecule has 2 aromatic carbocycles. The standard InChI is InChI=1S/C28H26N4O3S/c1-17-16-20(18(2)31(17)22-12-5-4-10-19(22)27(34)35-3)26-25(21-11-8-9-15-29-21)30-28(36)32(26)23-13-6-7-14-24(23)33/h4-16,25-26,33H,1-3H3,(H,30,36)/t25-,26+/m1/s1. The second kappa shape index (κ2) is 9.47. The molecule has 1 saturated heterocycles. The van der Waals surface area contributed by atoms with Gasteiger partial charge in [0.05, 0.1) is 41.8 Å². The number of carbonyl (C=O) groups is 1. The van der Waals surface area contributed by atoms with Crippen molar-refractivity contribution in [3.8, 4) is 11.4 Å². The molecule has 7 nitrogen and oxygen atoms in total.